The van der Waals surface area contributed by atoms with E-state index in [1.807, 2.05) is 0 Å². The van der Waals surface area contributed by atoms with Crippen LogP contribution in [0.2, 0.25) is 0 Å². The minimum absolute atomic E-state index is 0.0367. The standard InChI is InChI=1S/C16H17F2N3O4/c1-8-12(9(2)21(20-8)16(17)18)7-14(22)19-10-4-5-11(15(23)24)13(6-10)25-3/h4-6,16H,7H2,1-3H3,(H,19,22)(H,23,24). The largest absolute Gasteiger partial charge is 0.496 e. The Morgan fingerprint density at radius 1 is 1.36 bits per heavy atom. The summed E-state index contributed by atoms with van der Waals surface area (Å²) >= 11 is 0. The molecule has 2 rings (SSSR count). The first kappa shape index (κ1) is 18.4. The van der Waals surface area contributed by atoms with Gasteiger partial charge in [-0.25, -0.2) is 9.48 Å². The number of anilines is 1. The van der Waals surface area contributed by atoms with Crippen LogP contribution in [-0.2, 0) is 11.2 Å². The molecule has 0 saturated heterocycles. The van der Waals surface area contributed by atoms with E-state index in [1.54, 1.807) is 6.92 Å². The van der Waals surface area contributed by atoms with Crippen LogP contribution >= 0.6 is 0 Å². The molecule has 1 aromatic heterocycles. The first-order chi connectivity index (χ1) is 11.7. The van der Waals surface area contributed by atoms with Crippen molar-refractivity contribution in [2.24, 2.45) is 0 Å². The number of aromatic nitrogens is 2. The Morgan fingerprint density at radius 2 is 2.04 bits per heavy atom. The van der Waals surface area contributed by atoms with E-state index in [1.165, 1.54) is 32.2 Å². The lowest BCUT2D eigenvalue weighted by atomic mass is 10.1. The Bertz CT molecular complexity index is 818. The van der Waals surface area contributed by atoms with E-state index in [0.29, 0.717) is 21.6 Å². The predicted octanol–water partition coefficient (Wildman–Crippen LogP) is 2.78. The van der Waals surface area contributed by atoms with Crippen LogP contribution in [0.4, 0.5) is 14.5 Å². The number of ether oxygens (including phenoxy) is 1. The summed E-state index contributed by atoms with van der Waals surface area (Å²) in [5.74, 6) is -1.49. The topological polar surface area (TPSA) is 93.5 Å². The highest BCUT2D eigenvalue weighted by atomic mass is 19.3. The number of benzene rings is 1. The first-order valence-electron chi connectivity index (χ1n) is 7.28. The molecule has 0 radical (unpaired) electrons. The van der Waals surface area contributed by atoms with Crippen molar-refractivity contribution in [3.05, 3.63) is 40.7 Å². The summed E-state index contributed by atoms with van der Waals surface area (Å²) in [6.45, 7) is 0.252. The second-order valence-corrected chi connectivity index (χ2v) is 5.32. The zero-order valence-corrected chi connectivity index (χ0v) is 13.8. The number of carboxylic acid groups (broad SMARTS) is 1. The van der Waals surface area contributed by atoms with E-state index in [4.69, 9.17) is 9.84 Å². The van der Waals surface area contributed by atoms with Crippen LogP contribution in [0.3, 0.4) is 0 Å². The molecule has 0 fully saturated rings. The molecule has 9 heteroatoms. The van der Waals surface area contributed by atoms with Gasteiger partial charge in [-0.2, -0.15) is 13.9 Å². The molecule has 0 spiro atoms. The summed E-state index contributed by atoms with van der Waals surface area (Å²) in [5.41, 5.74) is 1.30. The van der Waals surface area contributed by atoms with Gasteiger partial charge in [0.25, 0.3) is 0 Å². The number of hydrogen-bond donors (Lipinski definition) is 2. The van der Waals surface area contributed by atoms with Gasteiger partial charge in [0.15, 0.2) is 0 Å². The van der Waals surface area contributed by atoms with Crippen molar-refractivity contribution in [1.29, 1.82) is 0 Å². The van der Waals surface area contributed by atoms with Crippen molar-refractivity contribution < 1.29 is 28.2 Å². The van der Waals surface area contributed by atoms with Crippen LogP contribution in [-0.4, -0.2) is 33.9 Å². The smallest absolute Gasteiger partial charge is 0.339 e. The molecule has 25 heavy (non-hydrogen) atoms. The molecule has 0 aliphatic rings. The molecular weight excluding hydrogens is 336 g/mol. The number of aryl methyl sites for hydroxylation is 1. The Kier molecular flexibility index (Phi) is 5.35. The molecule has 134 valence electrons. The van der Waals surface area contributed by atoms with Gasteiger partial charge in [0.05, 0.1) is 19.2 Å². The van der Waals surface area contributed by atoms with Gasteiger partial charge in [-0.05, 0) is 26.0 Å². The van der Waals surface area contributed by atoms with Gasteiger partial charge < -0.3 is 15.2 Å². The van der Waals surface area contributed by atoms with Crippen LogP contribution in [0.1, 0.15) is 33.9 Å². The fourth-order valence-electron chi connectivity index (χ4n) is 2.45. The van der Waals surface area contributed by atoms with Crippen LogP contribution in [0, 0.1) is 13.8 Å². The SMILES string of the molecule is COc1cc(NC(=O)Cc2c(C)nn(C(F)F)c2C)ccc1C(=O)O. The number of aromatic carboxylic acids is 1. The number of nitrogens with one attached hydrogen (secondary N) is 1. The third-order valence-electron chi connectivity index (χ3n) is 3.71. The van der Waals surface area contributed by atoms with E-state index < -0.39 is 18.4 Å². The average Bonchev–Trinajstić information content (AvgIpc) is 2.82. The molecule has 0 aliphatic heterocycles. The van der Waals surface area contributed by atoms with Crippen molar-refractivity contribution in [3.8, 4) is 5.75 Å². The Labute approximate surface area is 142 Å². The number of carboxylic acids is 1. The maximum absolute atomic E-state index is 12.8. The molecule has 1 aromatic carbocycles. The fraction of sp³-hybridized carbons (Fsp3) is 0.312. The zero-order chi connectivity index (χ0) is 18.7. The Balaban J connectivity index is 2.17. The number of alkyl halides is 2. The monoisotopic (exact) mass is 353 g/mol. The average molecular weight is 353 g/mol. The zero-order valence-electron chi connectivity index (χ0n) is 13.8. The molecule has 1 amide bonds. The number of hydrogen-bond acceptors (Lipinski definition) is 4. The lowest BCUT2D eigenvalue weighted by Gasteiger charge is -2.10. The third kappa shape index (κ3) is 3.93. The van der Waals surface area contributed by atoms with Gasteiger partial charge in [-0.3, -0.25) is 4.79 Å². The molecule has 0 aliphatic carbocycles. The number of amides is 1. The molecule has 1 heterocycles. The minimum atomic E-state index is -2.77. The fourth-order valence-corrected chi connectivity index (χ4v) is 2.45. The Hall–Kier alpha value is -2.97. The number of carbonyl (C=O) groups excluding carboxylic acids is 1. The third-order valence-corrected chi connectivity index (χ3v) is 3.71. The van der Waals surface area contributed by atoms with Gasteiger partial charge in [-0.15, -0.1) is 0 Å². The predicted molar refractivity (Wildman–Crippen MR) is 85.2 cm³/mol. The van der Waals surface area contributed by atoms with E-state index in [0.717, 1.165) is 0 Å². The highest BCUT2D eigenvalue weighted by Crippen LogP contribution is 2.24. The highest BCUT2D eigenvalue weighted by molar-refractivity contribution is 5.95. The Morgan fingerprint density at radius 3 is 2.56 bits per heavy atom. The van der Waals surface area contributed by atoms with Crippen molar-refractivity contribution in [1.82, 2.24) is 9.78 Å². The molecule has 0 unspecified atom stereocenters. The lowest BCUT2D eigenvalue weighted by molar-refractivity contribution is -0.115. The number of halogens is 2. The molecular formula is C16H17F2N3O4. The summed E-state index contributed by atoms with van der Waals surface area (Å²) in [6, 6.07) is 4.11. The van der Waals surface area contributed by atoms with Crippen LogP contribution in [0.25, 0.3) is 0 Å². The second-order valence-electron chi connectivity index (χ2n) is 5.32. The normalized spacial score (nSPS) is 10.8. The number of rotatable bonds is 6. The lowest BCUT2D eigenvalue weighted by Crippen LogP contribution is -2.16. The van der Waals surface area contributed by atoms with Crippen molar-refractivity contribution in [2.45, 2.75) is 26.8 Å². The number of carbonyl (C=O) groups is 2. The molecule has 0 bridgehead atoms. The van der Waals surface area contributed by atoms with E-state index in [-0.39, 0.29) is 23.4 Å². The first-order valence-corrected chi connectivity index (χ1v) is 7.28. The van der Waals surface area contributed by atoms with Crippen molar-refractivity contribution in [2.75, 3.05) is 12.4 Å². The number of methoxy groups -OCH3 is 1. The quantitative estimate of drug-likeness (QED) is 0.833. The van der Waals surface area contributed by atoms with Gasteiger partial charge in [0.1, 0.15) is 11.3 Å². The van der Waals surface area contributed by atoms with E-state index in [2.05, 4.69) is 10.4 Å². The summed E-state index contributed by atoms with van der Waals surface area (Å²) in [6.07, 6.45) is -0.132. The molecule has 2 aromatic rings. The molecule has 0 atom stereocenters. The molecule has 7 nitrogen and oxygen atoms in total. The van der Waals surface area contributed by atoms with Gasteiger partial charge in [0.2, 0.25) is 5.91 Å². The number of nitrogens with zero attached hydrogens (tertiary/aromatic N) is 2. The minimum Gasteiger partial charge on any atom is -0.496 e. The molecule has 0 saturated carbocycles. The summed E-state index contributed by atoms with van der Waals surface area (Å²) < 4.78 is 31.2. The summed E-state index contributed by atoms with van der Waals surface area (Å²) in [4.78, 5) is 23.2. The maximum atomic E-state index is 12.8. The van der Waals surface area contributed by atoms with Crippen LogP contribution in [0.15, 0.2) is 18.2 Å². The highest BCUT2D eigenvalue weighted by Gasteiger charge is 2.19. The van der Waals surface area contributed by atoms with Gasteiger partial charge in [0, 0.05) is 23.0 Å². The van der Waals surface area contributed by atoms with Crippen LogP contribution < -0.4 is 10.1 Å². The van der Waals surface area contributed by atoms with Crippen LogP contribution in [0.5, 0.6) is 5.75 Å². The molecule has 2 N–H and O–H groups in total. The summed E-state index contributed by atoms with van der Waals surface area (Å²) in [5, 5.41) is 15.4. The summed E-state index contributed by atoms with van der Waals surface area (Å²) in [7, 11) is 1.32. The van der Waals surface area contributed by atoms with E-state index >= 15 is 0 Å². The van der Waals surface area contributed by atoms with E-state index in [9.17, 15) is 18.4 Å². The van der Waals surface area contributed by atoms with Crippen molar-refractivity contribution >= 4 is 17.6 Å². The second kappa shape index (κ2) is 7.29. The maximum Gasteiger partial charge on any atom is 0.339 e. The van der Waals surface area contributed by atoms with Crippen molar-refractivity contribution in [3.63, 3.8) is 0 Å². The van der Waals surface area contributed by atoms with Gasteiger partial charge >= 0.3 is 12.5 Å². The van der Waals surface area contributed by atoms with Gasteiger partial charge in [-0.1, -0.05) is 0 Å².